The Balaban J connectivity index is 2.21. The average molecular weight is 236 g/mol. The Hall–Kier alpha value is -1.54. The molecule has 0 amide bonds. The third-order valence-electron chi connectivity index (χ3n) is 2.65. The predicted molar refractivity (Wildman–Crippen MR) is 62.9 cm³/mol. The normalized spacial score (nSPS) is 20.4. The van der Waals surface area contributed by atoms with Crippen LogP contribution in [0.4, 0.5) is 5.13 Å². The van der Waals surface area contributed by atoms with E-state index >= 15 is 0 Å². The number of anilines is 1. The first kappa shape index (κ1) is 11.0. The Labute approximate surface area is 97.9 Å². The van der Waals surface area contributed by atoms with Gasteiger partial charge in [-0.05, 0) is 19.3 Å². The van der Waals surface area contributed by atoms with Gasteiger partial charge in [-0.25, -0.2) is 9.78 Å². The molecule has 0 spiro atoms. The van der Waals surface area contributed by atoms with Crippen molar-refractivity contribution in [3.8, 4) is 12.3 Å². The second kappa shape index (κ2) is 4.54. The highest BCUT2D eigenvalue weighted by Gasteiger charge is 2.23. The zero-order chi connectivity index (χ0) is 11.5. The number of thiazole rings is 1. The van der Waals surface area contributed by atoms with Crippen molar-refractivity contribution in [1.29, 1.82) is 0 Å². The summed E-state index contributed by atoms with van der Waals surface area (Å²) in [5.41, 5.74) is 0. The highest BCUT2D eigenvalue weighted by molar-refractivity contribution is 7.17. The van der Waals surface area contributed by atoms with Crippen LogP contribution in [0.5, 0.6) is 0 Å². The molecule has 1 saturated heterocycles. The summed E-state index contributed by atoms with van der Waals surface area (Å²) in [6.45, 7) is 0.863. The molecular weight excluding hydrogens is 224 g/mol. The van der Waals surface area contributed by atoms with E-state index in [0.29, 0.717) is 0 Å². The summed E-state index contributed by atoms with van der Waals surface area (Å²) in [5, 5.41) is 9.55. The molecule has 1 aromatic heterocycles. The average Bonchev–Trinajstić information content (AvgIpc) is 2.78. The number of carboxylic acid groups (broad SMARTS) is 1. The fourth-order valence-electron chi connectivity index (χ4n) is 1.83. The Morgan fingerprint density at radius 2 is 2.50 bits per heavy atom. The Morgan fingerprint density at radius 1 is 1.69 bits per heavy atom. The maximum absolute atomic E-state index is 10.8. The van der Waals surface area contributed by atoms with Crippen LogP contribution in [-0.2, 0) is 0 Å². The number of carboxylic acids is 1. The van der Waals surface area contributed by atoms with Gasteiger partial charge in [0.05, 0.1) is 12.2 Å². The van der Waals surface area contributed by atoms with Crippen molar-refractivity contribution < 1.29 is 9.90 Å². The highest BCUT2D eigenvalue weighted by atomic mass is 32.1. The molecular formula is C11H12N2O2S. The zero-order valence-electron chi connectivity index (χ0n) is 8.72. The second-order valence-corrected chi connectivity index (χ2v) is 4.69. The molecule has 0 bridgehead atoms. The number of hydrogen-bond acceptors (Lipinski definition) is 4. The number of carbonyl (C=O) groups is 1. The van der Waals surface area contributed by atoms with Gasteiger partial charge in [-0.2, -0.15) is 0 Å². The van der Waals surface area contributed by atoms with Crippen LogP contribution in [0.2, 0.25) is 0 Å². The van der Waals surface area contributed by atoms with Crippen LogP contribution in [0.3, 0.4) is 0 Å². The maximum Gasteiger partial charge on any atom is 0.347 e. The van der Waals surface area contributed by atoms with E-state index in [9.17, 15) is 4.79 Å². The number of aromatic carboxylic acids is 1. The fraction of sp³-hybridized carbons (Fsp3) is 0.455. The van der Waals surface area contributed by atoms with Gasteiger partial charge < -0.3 is 10.0 Å². The molecule has 1 atom stereocenters. The number of hydrogen-bond donors (Lipinski definition) is 1. The minimum Gasteiger partial charge on any atom is -0.477 e. The van der Waals surface area contributed by atoms with E-state index in [1.54, 1.807) is 0 Å². The van der Waals surface area contributed by atoms with Gasteiger partial charge in [0.15, 0.2) is 5.13 Å². The lowest BCUT2D eigenvalue weighted by molar-refractivity contribution is 0.0702. The van der Waals surface area contributed by atoms with Crippen molar-refractivity contribution in [2.45, 2.75) is 25.3 Å². The molecule has 4 nitrogen and oxygen atoms in total. The Kier molecular flexibility index (Phi) is 3.11. The van der Waals surface area contributed by atoms with E-state index in [4.69, 9.17) is 11.5 Å². The third-order valence-corrected chi connectivity index (χ3v) is 3.67. The van der Waals surface area contributed by atoms with Gasteiger partial charge in [0, 0.05) is 6.54 Å². The molecule has 84 valence electrons. The summed E-state index contributed by atoms with van der Waals surface area (Å²) in [7, 11) is 0. The third kappa shape index (κ3) is 2.02. The van der Waals surface area contributed by atoms with Crippen LogP contribution in [0.25, 0.3) is 0 Å². The SMILES string of the molecule is C#CC1CCCCN1c1ncc(C(=O)O)s1. The van der Waals surface area contributed by atoms with E-state index in [0.717, 1.165) is 30.9 Å². The van der Waals surface area contributed by atoms with Crippen LogP contribution < -0.4 is 4.90 Å². The monoisotopic (exact) mass is 236 g/mol. The number of rotatable bonds is 2. The number of aromatic nitrogens is 1. The van der Waals surface area contributed by atoms with Crippen LogP contribution in [0.15, 0.2) is 6.20 Å². The van der Waals surface area contributed by atoms with Crippen LogP contribution in [0, 0.1) is 12.3 Å². The van der Waals surface area contributed by atoms with Gasteiger partial charge in [0.2, 0.25) is 0 Å². The molecule has 2 rings (SSSR count). The smallest absolute Gasteiger partial charge is 0.347 e. The maximum atomic E-state index is 10.8. The molecule has 1 aliphatic heterocycles. The topological polar surface area (TPSA) is 53.4 Å². The van der Waals surface area contributed by atoms with Crippen LogP contribution >= 0.6 is 11.3 Å². The van der Waals surface area contributed by atoms with Gasteiger partial charge in [-0.1, -0.05) is 17.3 Å². The largest absolute Gasteiger partial charge is 0.477 e. The van der Waals surface area contributed by atoms with Gasteiger partial charge in [-0.15, -0.1) is 6.42 Å². The lowest BCUT2D eigenvalue weighted by atomic mass is 10.0. The molecule has 16 heavy (non-hydrogen) atoms. The van der Waals surface area contributed by atoms with Gasteiger partial charge in [0.1, 0.15) is 4.88 Å². The summed E-state index contributed by atoms with van der Waals surface area (Å²) in [6.07, 6.45) is 10.0. The first-order chi connectivity index (χ1) is 7.72. The van der Waals surface area contributed by atoms with Gasteiger partial charge >= 0.3 is 5.97 Å². The molecule has 0 radical (unpaired) electrons. The van der Waals surface area contributed by atoms with Crippen molar-refractivity contribution >= 4 is 22.4 Å². The van der Waals surface area contributed by atoms with Crippen molar-refractivity contribution in [3.63, 3.8) is 0 Å². The quantitative estimate of drug-likeness (QED) is 0.796. The minimum absolute atomic E-state index is 0.0570. The summed E-state index contributed by atoms with van der Waals surface area (Å²) in [6, 6.07) is 0.0570. The molecule has 1 aliphatic rings. The van der Waals surface area contributed by atoms with Crippen molar-refractivity contribution in [1.82, 2.24) is 4.98 Å². The summed E-state index contributed by atoms with van der Waals surface area (Å²) >= 11 is 1.19. The minimum atomic E-state index is -0.932. The molecule has 1 N–H and O–H groups in total. The fourth-order valence-corrected chi connectivity index (χ4v) is 2.66. The van der Waals surface area contributed by atoms with Crippen molar-refractivity contribution in [2.75, 3.05) is 11.4 Å². The lowest BCUT2D eigenvalue weighted by Gasteiger charge is -2.32. The molecule has 0 saturated carbocycles. The van der Waals surface area contributed by atoms with Gasteiger partial charge in [0.25, 0.3) is 0 Å². The molecule has 5 heteroatoms. The summed E-state index contributed by atoms with van der Waals surface area (Å²) in [4.78, 5) is 17.2. The first-order valence-electron chi connectivity index (χ1n) is 5.14. The number of piperidine rings is 1. The van der Waals surface area contributed by atoms with E-state index in [1.807, 2.05) is 4.90 Å². The summed E-state index contributed by atoms with van der Waals surface area (Å²) in [5.74, 6) is 1.80. The zero-order valence-corrected chi connectivity index (χ0v) is 9.54. The lowest BCUT2D eigenvalue weighted by Crippen LogP contribution is -2.38. The first-order valence-corrected chi connectivity index (χ1v) is 5.96. The molecule has 0 aliphatic carbocycles. The standard InChI is InChI=1S/C11H12N2O2S/c1-2-8-5-3-4-6-13(8)11-12-7-9(16-11)10(14)15/h1,7-8H,3-6H2,(H,14,15). The van der Waals surface area contributed by atoms with Crippen LogP contribution in [-0.4, -0.2) is 28.6 Å². The Bertz CT molecular complexity index is 435. The number of nitrogens with zero attached hydrogens (tertiary/aromatic N) is 2. The molecule has 1 aromatic rings. The van der Waals surface area contributed by atoms with E-state index in [-0.39, 0.29) is 10.9 Å². The van der Waals surface area contributed by atoms with Gasteiger partial charge in [-0.3, -0.25) is 0 Å². The molecule has 2 heterocycles. The second-order valence-electron chi connectivity index (χ2n) is 3.68. The molecule has 0 aromatic carbocycles. The van der Waals surface area contributed by atoms with Crippen LogP contribution in [0.1, 0.15) is 28.9 Å². The molecule has 1 fully saturated rings. The number of terminal acetylenes is 1. The Morgan fingerprint density at radius 3 is 3.12 bits per heavy atom. The molecule has 1 unspecified atom stereocenters. The van der Waals surface area contributed by atoms with Crippen molar-refractivity contribution in [2.24, 2.45) is 0 Å². The highest BCUT2D eigenvalue weighted by Crippen LogP contribution is 2.28. The van der Waals surface area contributed by atoms with Crippen molar-refractivity contribution in [3.05, 3.63) is 11.1 Å². The van der Waals surface area contributed by atoms with E-state index in [2.05, 4.69) is 10.9 Å². The summed E-state index contributed by atoms with van der Waals surface area (Å²) < 4.78 is 0. The van der Waals surface area contributed by atoms with E-state index in [1.165, 1.54) is 17.5 Å². The predicted octanol–water partition coefficient (Wildman–Crippen LogP) is 1.83. The van der Waals surface area contributed by atoms with E-state index < -0.39 is 5.97 Å².